The number of nitrogens with one attached hydrogen (secondary N) is 1. The zero-order chi connectivity index (χ0) is 14.5. The van der Waals surface area contributed by atoms with Crippen molar-refractivity contribution in [3.63, 3.8) is 0 Å². The number of rotatable bonds is 5. The zero-order valence-corrected chi connectivity index (χ0v) is 12.0. The van der Waals surface area contributed by atoms with Crippen molar-refractivity contribution in [3.05, 3.63) is 28.3 Å². The Morgan fingerprint density at radius 1 is 1.25 bits per heavy atom. The van der Waals surface area contributed by atoms with E-state index < -0.39 is 4.92 Å². The van der Waals surface area contributed by atoms with Gasteiger partial charge in [0, 0.05) is 30.1 Å². The number of nitrogens with zero attached hydrogens (tertiary/aromatic N) is 1. The van der Waals surface area contributed by atoms with Gasteiger partial charge in [0.25, 0.3) is 5.69 Å². The molecule has 0 radical (unpaired) electrons. The third-order valence-corrected chi connectivity index (χ3v) is 4.29. The van der Waals surface area contributed by atoms with E-state index in [4.69, 9.17) is 5.73 Å². The van der Waals surface area contributed by atoms with E-state index in [2.05, 4.69) is 12.2 Å². The summed E-state index contributed by atoms with van der Waals surface area (Å²) < 4.78 is 0. The molecule has 1 aliphatic rings. The predicted octanol–water partition coefficient (Wildman–Crippen LogP) is 3.81. The van der Waals surface area contributed by atoms with Gasteiger partial charge in [0.1, 0.15) is 0 Å². The first-order chi connectivity index (χ1) is 9.58. The van der Waals surface area contributed by atoms with E-state index in [0.29, 0.717) is 11.6 Å². The summed E-state index contributed by atoms with van der Waals surface area (Å²) in [4.78, 5) is 10.4. The first-order valence-corrected chi connectivity index (χ1v) is 7.37. The Morgan fingerprint density at radius 3 is 2.50 bits per heavy atom. The molecule has 0 saturated heterocycles. The van der Waals surface area contributed by atoms with Crippen LogP contribution in [-0.2, 0) is 0 Å². The fourth-order valence-corrected chi connectivity index (χ4v) is 2.95. The highest BCUT2D eigenvalue weighted by atomic mass is 16.6. The number of nitrogen functional groups attached to an aromatic ring is 1. The molecule has 0 heterocycles. The highest BCUT2D eigenvalue weighted by Crippen LogP contribution is 2.31. The van der Waals surface area contributed by atoms with Crippen LogP contribution in [0, 0.1) is 22.0 Å². The lowest BCUT2D eigenvalue weighted by Crippen LogP contribution is -2.21. The summed E-state index contributed by atoms with van der Waals surface area (Å²) in [7, 11) is 0. The molecule has 5 heteroatoms. The maximum absolute atomic E-state index is 10.8. The Hall–Kier alpha value is -1.78. The SMILES string of the molecule is CCC1CCC(CNc2cc(N)cc([N+](=O)[O-])c2)CC1. The normalized spacial score (nSPS) is 22.4. The number of nitro groups is 1. The minimum Gasteiger partial charge on any atom is -0.398 e. The average Bonchev–Trinajstić information content (AvgIpc) is 2.45. The quantitative estimate of drug-likeness (QED) is 0.487. The molecule has 20 heavy (non-hydrogen) atoms. The maximum atomic E-state index is 10.8. The van der Waals surface area contributed by atoms with Crippen molar-refractivity contribution < 1.29 is 4.92 Å². The first-order valence-electron chi connectivity index (χ1n) is 7.37. The van der Waals surface area contributed by atoms with Crippen molar-refractivity contribution in [2.24, 2.45) is 11.8 Å². The van der Waals surface area contributed by atoms with E-state index in [-0.39, 0.29) is 5.69 Å². The zero-order valence-electron chi connectivity index (χ0n) is 12.0. The molecular formula is C15H23N3O2. The second-order valence-corrected chi connectivity index (χ2v) is 5.75. The number of non-ortho nitro benzene ring substituents is 1. The molecule has 0 amide bonds. The molecule has 3 N–H and O–H groups in total. The standard InChI is InChI=1S/C15H23N3O2/c1-2-11-3-5-12(6-4-11)10-17-14-7-13(16)8-15(9-14)18(19)20/h7-9,11-12,17H,2-6,10,16H2,1H3. The van der Waals surface area contributed by atoms with Gasteiger partial charge in [0.05, 0.1) is 4.92 Å². The van der Waals surface area contributed by atoms with Crippen LogP contribution in [0.3, 0.4) is 0 Å². The van der Waals surface area contributed by atoms with Crippen LogP contribution in [-0.4, -0.2) is 11.5 Å². The Bertz CT molecular complexity index is 468. The molecule has 0 aliphatic heterocycles. The Morgan fingerprint density at radius 2 is 1.90 bits per heavy atom. The van der Waals surface area contributed by atoms with E-state index in [0.717, 1.165) is 18.2 Å². The van der Waals surface area contributed by atoms with Gasteiger partial charge in [-0.25, -0.2) is 0 Å². The van der Waals surface area contributed by atoms with Gasteiger partial charge in [-0.2, -0.15) is 0 Å². The second kappa shape index (κ2) is 6.59. The van der Waals surface area contributed by atoms with Gasteiger partial charge in [-0.1, -0.05) is 26.2 Å². The summed E-state index contributed by atoms with van der Waals surface area (Å²) in [5.74, 6) is 1.55. The number of nitro benzene ring substituents is 1. The smallest absolute Gasteiger partial charge is 0.273 e. The summed E-state index contributed by atoms with van der Waals surface area (Å²) in [5.41, 5.74) is 6.91. The molecule has 0 aromatic heterocycles. The van der Waals surface area contributed by atoms with E-state index in [9.17, 15) is 10.1 Å². The third kappa shape index (κ3) is 3.85. The van der Waals surface area contributed by atoms with Crippen molar-refractivity contribution in [2.75, 3.05) is 17.6 Å². The lowest BCUT2D eigenvalue weighted by Gasteiger charge is -2.28. The van der Waals surface area contributed by atoms with Crippen molar-refractivity contribution in [2.45, 2.75) is 39.0 Å². The molecule has 0 atom stereocenters. The highest BCUT2D eigenvalue weighted by Gasteiger charge is 2.19. The molecular weight excluding hydrogens is 254 g/mol. The van der Waals surface area contributed by atoms with Crippen LogP contribution in [0.15, 0.2) is 18.2 Å². The molecule has 0 bridgehead atoms. The molecule has 1 aliphatic carbocycles. The van der Waals surface area contributed by atoms with Crippen molar-refractivity contribution >= 4 is 17.1 Å². The number of benzene rings is 1. The number of hydrogen-bond acceptors (Lipinski definition) is 4. The summed E-state index contributed by atoms with van der Waals surface area (Å²) in [6, 6.07) is 4.69. The van der Waals surface area contributed by atoms with Gasteiger partial charge in [-0.05, 0) is 30.7 Å². The van der Waals surface area contributed by atoms with Gasteiger partial charge < -0.3 is 11.1 Å². The molecule has 5 nitrogen and oxygen atoms in total. The summed E-state index contributed by atoms with van der Waals surface area (Å²) in [6.07, 6.45) is 6.38. The number of anilines is 2. The molecule has 0 unspecified atom stereocenters. The lowest BCUT2D eigenvalue weighted by atomic mass is 9.81. The number of nitrogens with two attached hydrogens (primary N) is 1. The van der Waals surface area contributed by atoms with Crippen LogP contribution in [0.5, 0.6) is 0 Å². The van der Waals surface area contributed by atoms with Crippen molar-refractivity contribution in [1.29, 1.82) is 0 Å². The molecule has 1 saturated carbocycles. The topological polar surface area (TPSA) is 81.2 Å². The highest BCUT2D eigenvalue weighted by molar-refractivity contribution is 5.61. The molecule has 0 spiro atoms. The van der Waals surface area contributed by atoms with Gasteiger partial charge in [-0.3, -0.25) is 10.1 Å². The third-order valence-electron chi connectivity index (χ3n) is 4.29. The molecule has 1 aromatic rings. The first kappa shape index (κ1) is 14.6. The van der Waals surface area contributed by atoms with Crippen LogP contribution in [0.2, 0.25) is 0 Å². The minimum absolute atomic E-state index is 0.0437. The average molecular weight is 277 g/mol. The minimum atomic E-state index is -0.409. The molecule has 110 valence electrons. The van der Waals surface area contributed by atoms with Gasteiger partial charge in [-0.15, -0.1) is 0 Å². The van der Waals surface area contributed by atoms with Crippen LogP contribution in [0.25, 0.3) is 0 Å². The predicted molar refractivity (Wildman–Crippen MR) is 81.7 cm³/mol. The van der Waals surface area contributed by atoms with E-state index in [1.165, 1.54) is 38.2 Å². The fraction of sp³-hybridized carbons (Fsp3) is 0.600. The van der Waals surface area contributed by atoms with Gasteiger partial charge >= 0.3 is 0 Å². The summed E-state index contributed by atoms with van der Waals surface area (Å²) >= 11 is 0. The van der Waals surface area contributed by atoms with Crippen LogP contribution in [0.1, 0.15) is 39.0 Å². The maximum Gasteiger partial charge on any atom is 0.273 e. The van der Waals surface area contributed by atoms with Gasteiger partial charge in [0.2, 0.25) is 0 Å². The number of hydrogen-bond donors (Lipinski definition) is 2. The molecule has 1 aromatic carbocycles. The molecule has 1 fully saturated rings. The Kier molecular flexibility index (Phi) is 4.82. The van der Waals surface area contributed by atoms with Crippen LogP contribution in [0.4, 0.5) is 17.1 Å². The summed E-state index contributed by atoms with van der Waals surface area (Å²) in [5, 5.41) is 14.1. The fourth-order valence-electron chi connectivity index (χ4n) is 2.95. The van der Waals surface area contributed by atoms with E-state index in [1.807, 2.05) is 0 Å². The van der Waals surface area contributed by atoms with Crippen molar-refractivity contribution in [3.8, 4) is 0 Å². The lowest BCUT2D eigenvalue weighted by molar-refractivity contribution is -0.384. The van der Waals surface area contributed by atoms with Crippen LogP contribution >= 0.6 is 0 Å². The Labute approximate surface area is 119 Å². The van der Waals surface area contributed by atoms with E-state index >= 15 is 0 Å². The Balaban J connectivity index is 1.89. The second-order valence-electron chi connectivity index (χ2n) is 5.75. The monoisotopic (exact) mass is 277 g/mol. The van der Waals surface area contributed by atoms with E-state index in [1.54, 1.807) is 12.1 Å². The van der Waals surface area contributed by atoms with Gasteiger partial charge in [0.15, 0.2) is 0 Å². The summed E-state index contributed by atoms with van der Waals surface area (Å²) in [6.45, 7) is 3.13. The molecule has 2 rings (SSSR count). The largest absolute Gasteiger partial charge is 0.398 e. The van der Waals surface area contributed by atoms with Crippen LogP contribution < -0.4 is 11.1 Å². The van der Waals surface area contributed by atoms with Crippen molar-refractivity contribution in [1.82, 2.24) is 0 Å².